The van der Waals surface area contributed by atoms with Gasteiger partial charge in [-0.25, -0.2) is 0 Å². The molecular formula is C24H22N6O. The Morgan fingerprint density at radius 1 is 1.10 bits per heavy atom. The summed E-state index contributed by atoms with van der Waals surface area (Å²) in [6.45, 7) is 0. The van der Waals surface area contributed by atoms with Gasteiger partial charge in [0.05, 0.1) is 23.3 Å². The predicted octanol–water partition coefficient (Wildman–Crippen LogP) is 3.91. The Morgan fingerprint density at radius 2 is 2.03 bits per heavy atom. The number of nitrogens with one attached hydrogen (secondary N) is 2. The fraction of sp³-hybridized carbons (Fsp3) is 0.167. The maximum Gasteiger partial charge on any atom is 0.246 e. The summed E-state index contributed by atoms with van der Waals surface area (Å²) in [7, 11) is 1.94. The van der Waals surface area contributed by atoms with Crippen LogP contribution in [0.2, 0.25) is 0 Å². The van der Waals surface area contributed by atoms with Crippen LogP contribution in [-0.4, -0.2) is 31.7 Å². The van der Waals surface area contributed by atoms with Crippen molar-refractivity contribution in [3.8, 4) is 22.5 Å². The minimum absolute atomic E-state index is 0.0581. The summed E-state index contributed by atoms with van der Waals surface area (Å²) in [5, 5.41) is 10.6. The van der Waals surface area contributed by atoms with E-state index >= 15 is 0 Å². The SMILES string of the molecule is Cn1nccc1-c1ccc2c(c1)CC[C@@H](C(=O)Nc1ccc(-c3cccnc3)nc1)N2. The normalized spacial score (nSPS) is 15.1. The number of fused-ring (bicyclic) bond motifs is 1. The van der Waals surface area contributed by atoms with E-state index in [0.29, 0.717) is 5.69 Å². The first kappa shape index (κ1) is 19.0. The van der Waals surface area contributed by atoms with Crippen LogP contribution >= 0.6 is 0 Å². The number of pyridine rings is 2. The number of hydrogen-bond donors (Lipinski definition) is 2. The molecule has 0 bridgehead atoms. The summed E-state index contributed by atoms with van der Waals surface area (Å²) < 4.78 is 1.86. The summed E-state index contributed by atoms with van der Waals surface area (Å²) in [5.74, 6) is -0.0581. The molecule has 4 heterocycles. The van der Waals surface area contributed by atoms with Crippen molar-refractivity contribution < 1.29 is 4.79 Å². The van der Waals surface area contributed by atoms with Crippen LogP contribution in [0.1, 0.15) is 12.0 Å². The van der Waals surface area contributed by atoms with Crippen LogP contribution in [0.15, 0.2) is 73.3 Å². The molecule has 0 saturated heterocycles. The van der Waals surface area contributed by atoms with Gasteiger partial charge in [-0.05, 0) is 60.9 Å². The summed E-state index contributed by atoms with van der Waals surface area (Å²) in [6.07, 6.45) is 8.54. The second kappa shape index (κ2) is 8.02. The van der Waals surface area contributed by atoms with Gasteiger partial charge in [0.1, 0.15) is 6.04 Å². The molecule has 0 fully saturated rings. The Bertz CT molecular complexity index is 1220. The van der Waals surface area contributed by atoms with Crippen LogP contribution in [0.25, 0.3) is 22.5 Å². The Morgan fingerprint density at radius 3 is 2.77 bits per heavy atom. The number of aromatic nitrogens is 4. The van der Waals surface area contributed by atoms with Crippen LogP contribution in [0.4, 0.5) is 11.4 Å². The zero-order valence-corrected chi connectivity index (χ0v) is 17.1. The zero-order chi connectivity index (χ0) is 21.2. The van der Waals surface area contributed by atoms with Crippen molar-refractivity contribution in [3.05, 3.63) is 78.9 Å². The highest BCUT2D eigenvalue weighted by molar-refractivity contribution is 5.97. The van der Waals surface area contributed by atoms with E-state index in [1.54, 1.807) is 24.8 Å². The van der Waals surface area contributed by atoms with Gasteiger partial charge >= 0.3 is 0 Å². The first-order chi connectivity index (χ1) is 15.2. The number of hydrogen-bond acceptors (Lipinski definition) is 5. The van der Waals surface area contributed by atoms with E-state index in [4.69, 9.17) is 0 Å². The molecule has 31 heavy (non-hydrogen) atoms. The van der Waals surface area contributed by atoms with Crippen molar-refractivity contribution in [1.82, 2.24) is 19.7 Å². The van der Waals surface area contributed by atoms with Crippen molar-refractivity contribution >= 4 is 17.3 Å². The van der Waals surface area contributed by atoms with Gasteiger partial charge in [0, 0.05) is 42.5 Å². The van der Waals surface area contributed by atoms with Crippen LogP contribution < -0.4 is 10.6 Å². The number of aryl methyl sites for hydroxylation is 2. The van der Waals surface area contributed by atoms with Crippen molar-refractivity contribution in [3.63, 3.8) is 0 Å². The lowest BCUT2D eigenvalue weighted by Gasteiger charge is -2.26. The van der Waals surface area contributed by atoms with Gasteiger partial charge in [-0.1, -0.05) is 6.07 Å². The minimum Gasteiger partial charge on any atom is -0.373 e. The summed E-state index contributed by atoms with van der Waals surface area (Å²) in [5.41, 5.74) is 6.86. The van der Waals surface area contributed by atoms with E-state index in [1.165, 1.54) is 5.56 Å². The Hall–Kier alpha value is -4.00. The second-order valence-electron chi connectivity index (χ2n) is 7.61. The molecule has 5 rings (SSSR count). The standard InChI is InChI=1S/C24H22N6O/c1-30-23(10-12-27-30)17-5-7-21-16(13-17)4-8-22(29-21)24(31)28-19-6-9-20(26-15-19)18-3-2-11-25-14-18/h2-3,5-7,9-15,22,29H,4,8H2,1H3,(H,28,31)/t22-/m0/s1. The van der Waals surface area contributed by atoms with Crippen LogP contribution in [0.3, 0.4) is 0 Å². The quantitative estimate of drug-likeness (QED) is 0.533. The van der Waals surface area contributed by atoms with Gasteiger partial charge < -0.3 is 10.6 Å². The number of benzene rings is 1. The first-order valence-electron chi connectivity index (χ1n) is 10.2. The molecule has 1 atom stereocenters. The van der Waals surface area contributed by atoms with Crippen molar-refractivity contribution in [1.29, 1.82) is 0 Å². The number of carbonyl (C=O) groups excluding carboxylic acids is 1. The molecule has 0 unspecified atom stereocenters. The van der Waals surface area contributed by atoms with E-state index in [2.05, 4.69) is 37.8 Å². The lowest BCUT2D eigenvalue weighted by Crippen LogP contribution is -2.37. The Kier molecular flexibility index (Phi) is 4.92. The van der Waals surface area contributed by atoms with E-state index in [0.717, 1.165) is 41.0 Å². The Labute approximate surface area is 180 Å². The van der Waals surface area contributed by atoms with Gasteiger partial charge in [-0.2, -0.15) is 5.10 Å². The number of rotatable bonds is 4. The van der Waals surface area contributed by atoms with Gasteiger partial charge in [0.25, 0.3) is 0 Å². The van der Waals surface area contributed by atoms with Gasteiger partial charge in [0.15, 0.2) is 0 Å². The maximum absolute atomic E-state index is 12.8. The van der Waals surface area contributed by atoms with Crippen molar-refractivity contribution in [2.24, 2.45) is 7.05 Å². The van der Waals surface area contributed by atoms with E-state index < -0.39 is 0 Å². The molecule has 4 aromatic rings. The number of amides is 1. The van der Waals surface area contributed by atoms with E-state index in [-0.39, 0.29) is 11.9 Å². The van der Waals surface area contributed by atoms with Gasteiger partial charge in [0.2, 0.25) is 5.91 Å². The molecular weight excluding hydrogens is 388 g/mol. The molecule has 3 aromatic heterocycles. The van der Waals surface area contributed by atoms with Gasteiger partial charge in [-0.15, -0.1) is 0 Å². The zero-order valence-electron chi connectivity index (χ0n) is 17.1. The predicted molar refractivity (Wildman–Crippen MR) is 120 cm³/mol. The highest BCUT2D eigenvalue weighted by Gasteiger charge is 2.24. The summed E-state index contributed by atoms with van der Waals surface area (Å²) in [6, 6.07) is 15.6. The molecule has 1 aromatic carbocycles. The fourth-order valence-electron chi connectivity index (χ4n) is 3.90. The molecule has 0 aliphatic carbocycles. The third-order valence-electron chi connectivity index (χ3n) is 5.56. The molecule has 2 N–H and O–H groups in total. The van der Waals surface area contributed by atoms with Crippen LogP contribution in [0.5, 0.6) is 0 Å². The minimum atomic E-state index is -0.284. The number of anilines is 2. The average molecular weight is 410 g/mol. The Balaban J connectivity index is 1.26. The fourth-order valence-corrected chi connectivity index (χ4v) is 3.90. The average Bonchev–Trinajstić information content (AvgIpc) is 3.25. The second-order valence-corrected chi connectivity index (χ2v) is 7.61. The molecule has 1 aliphatic rings. The highest BCUT2D eigenvalue weighted by Crippen LogP contribution is 2.30. The molecule has 0 saturated carbocycles. The third-order valence-corrected chi connectivity index (χ3v) is 5.56. The number of nitrogens with zero attached hydrogens (tertiary/aromatic N) is 4. The van der Waals surface area contributed by atoms with E-state index in [1.807, 2.05) is 48.1 Å². The lowest BCUT2D eigenvalue weighted by molar-refractivity contribution is -0.117. The topological polar surface area (TPSA) is 84.7 Å². The molecule has 1 amide bonds. The monoisotopic (exact) mass is 410 g/mol. The molecule has 7 heteroatoms. The highest BCUT2D eigenvalue weighted by atomic mass is 16.2. The molecule has 0 radical (unpaired) electrons. The smallest absolute Gasteiger partial charge is 0.246 e. The van der Waals surface area contributed by atoms with Gasteiger partial charge in [-0.3, -0.25) is 19.4 Å². The maximum atomic E-state index is 12.8. The van der Waals surface area contributed by atoms with Crippen LogP contribution in [-0.2, 0) is 18.3 Å². The third kappa shape index (κ3) is 3.90. The molecule has 154 valence electrons. The largest absolute Gasteiger partial charge is 0.373 e. The number of carbonyl (C=O) groups is 1. The summed E-state index contributed by atoms with van der Waals surface area (Å²) >= 11 is 0. The van der Waals surface area contributed by atoms with Crippen LogP contribution in [0, 0.1) is 0 Å². The van der Waals surface area contributed by atoms with Crippen molar-refractivity contribution in [2.75, 3.05) is 10.6 Å². The summed E-state index contributed by atoms with van der Waals surface area (Å²) in [4.78, 5) is 21.4. The first-order valence-corrected chi connectivity index (χ1v) is 10.2. The molecule has 0 spiro atoms. The van der Waals surface area contributed by atoms with E-state index in [9.17, 15) is 4.79 Å². The lowest BCUT2D eigenvalue weighted by atomic mass is 9.95. The van der Waals surface area contributed by atoms with Crippen molar-refractivity contribution in [2.45, 2.75) is 18.9 Å². The molecule has 1 aliphatic heterocycles. The molecule has 7 nitrogen and oxygen atoms in total.